The number of rotatable bonds is 2. The minimum absolute atomic E-state index is 0.0392. The summed E-state index contributed by atoms with van der Waals surface area (Å²) >= 11 is 0. The van der Waals surface area contributed by atoms with Gasteiger partial charge in [-0.15, -0.1) is 0 Å². The molecule has 2 aliphatic rings. The molecule has 5 heteroatoms. The molecule has 3 unspecified atom stereocenters. The Morgan fingerprint density at radius 3 is 2.35 bits per heavy atom. The zero-order valence-electron chi connectivity index (χ0n) is 11.2. The molecule has 3 N–H and O–H groups in total. The molecule has 0 aromatic heterocycles. The lowest BCUT2D eigenvalue weighted by molar-refractivity contribution is 0.0751. The monoisotopic (exact) mass is 274 g/mol. The van der Waals surface area contributed by atoms with Crippen LogP contribution in [-0.2, 0) is 0 Å². The molecule has 20 heavy (non-hydrogen) atoms. The second kappa shape index (κ2) is 4.90. The first-order valence-electron chi connectivity index (χ1n) is 6.93. The maximum Gasteiger partial charge on any atom is 0.253 e. The Bertz CT molecular complexity index is 541. The third-order valence-corrected chi connectivity index (χ3v) is 4.52. The van der Waals surface area contributed by atoms with Gasteiger partial charge in [-0.05, 0) is 43.0 Å². The highest BCUT2D eigenvalue weighted by atomic mass is 16.3. The van der Waals surface area contributed by atoms with Crippen LogP contribution in [0.3, 0.4) is 0 Å². The van der Waals surface area contributed by atoms with Gasteiger partial charge in [0, 0.05) is 30.1 Å². The lowest BCUT2D eigenvalue weighted by Gasteiger charge is -2.18. The predicted octanol–water partition coefficient (Wildman–Crippen LogP) is 0.628. The van der Waals surface area contributed by atoms with Gasteiger partial charge in [0.2, 0.25) is 5.91 Å². The predicted molar refractivity (Wildman–Crippen MR) is 73.1 cm³/mol. The lowest BCUT2D eigenvalue weighted by atomic mass is 10.00. The van der Waals surface area contributed by atoms with E-state index in [4.69, 9.17) is 5.73 Å². The molecule has 5 nitrogen and oxygen atoms in total. The summed E-state index contributed by atoms with van der Waals surface area (Å²) in [5.74, 6) is 0.119. The quantitative estimate of drug-likeness (QED) is 0.829. The maximum absolute atomic E-state index is 12.4. The molecule has 1 aromatic carbocycles. The molecular weight excluding hydrogens is 256 g/mol. The van der Waals surface area contributed by atoms with Gasteiger partial charge in [-0.3, -0.25) is 9.59 Å². The SMILES string of the molecule is NC(=O)c1ccc(C(=O)N2CC3CCC(O)C3C2)cc1. The summed E-state index contributed by atoms with van der Waals surface area (Å²) in [6.45, 7) is 1.35. The van der Waals surface area contributed by atoms with E-state index in [2.05, 4.69) is 0 Å². The van der Waals surface area contributed by atoms with Gasteiger partial charge in [-0.25, -0.2) is 0 Å². The Hall–Kier alpha value is -1.88. The number of aliphatic hydroxyl groups is 1. The number of nitrogens with zero attached hydrogens (tertiary/aromatic N) is 1. The molecule has 0 spiro atoms. The molecule has 0 radical (unpaired) electrons. The molecule has 1 heterocycles. The van der Waals surface area contributed by atoms with Gasteiger partial charge >= 0.3 is 0 Å². The molecule has 3 atom stereocenters. The van der Waals surface area contributed by atoms with Gasteiger partial charge in [0.1, 0.15) is 0 Å². The summed E-state index contributed by atoms with van der Waals surface area (Å²) in [5.41, 5.74) is 6.14. The topological polar surface area (TPSA) is 83.6 Å². The van der Waals surface area contributed by atoms with E-state index in [0.29, 0.717) is 23.6 Å². The van der Waals surface area contributed by atoms with Crippen molar-refractivity contribution in [2.75, 3.05) is 13.1 Å². The zero-order chi connectivity index (χ0) is 14.3. The van der Waals surface area contributed by atoms with Gasteiger partial charge in [0.05, 0.1) is 6.10 Å². The first kappa shape index (κ1) is 13.1. The van der Waals surface area contributed by atoms with Crippen molar-refractivity contribution >= 4 is 11.8 Å². The van der Waals surface area contributed by atoms with Gasteiger partial charge in [-0.2, -0.15) is 0 Å². The third kappa shape index (κ3) is 2.18. The number of nitrogens with two attached hydrogens (primary N) is 1. The molecule has 1 saturated carbocycles. The van der Waals surface area contributed by atoms with Crippen LogP contribution in [-0.4, -0.2) is 41.0 Å². The van der Waals surface area contributed by atoms with E-state index in [0.717, 1.165) is 19.4 Å². The van der Waals surface area contributed by atoms with E-state index < -0.39 is 5.91 Å². The molecular formula is C15H18N2O3. The van der Waals surface area contributed by atoms with Gasteiger partial charge in [0.15, 0.2) is 0 Å². The minimum atomic E-state index is -0.497. The largest absolute Gasteiger partial charge is 0.393 e. The highest BCUT2D eigenvalue weighted by Gasteiger charge is 2.43. The van der Waals surface area contributed by atoms with Crippen molar-refractivity contribution in [3.63, 3.8) is 0 Å². The van der Waals surface area contributed by atoms with Crippen molar-refractivity contribution in [2.24, 2.45) is 17.6 Å². The number of carbonyl (C=O) groups excluding carboxylic acids is 2. The Labute approximate surface area is 117 Å². The molecule has 3 rings (SSSR count). The number of carbonyl (C=O) groups is 2. The summed E-state index contributed by atoms with van der Waals surface area (Å²) < 4.78 is 0. The highest BCUT2D eigenvalue weighted by molar-refractivity contribution is 5.97. The van der Waals surface area contributed by atoms with Crippen LogP contribution in [0.2, 0.25) is 0 Å². The summed E-state index contributed by atoms with van der Waals surface area (Å²) in [7, 11) is 0. The molecule has 2 amide bonds. The second-order valence-electron chi connectivity index (χ2n) is 5.72. The molecule has 106 valence electrons. The fourth-order valence-corrected chi connectivity index (χ4v) is 3.36. The average molecular weight is 274 g/mol. The van der Waals surface area contributed by atoms with Crippen LogP contribution < -0.4 is 5.73 Å². The normalized spacial score (nSPS) is 28.4. The number of amides is 2. The van der Waals surface area contributed by atoms with Crippen LogP contribution in [0, 0.1) is 11.8 Å². The van der Waals surface area contributed by atoms with Crippen molar-refractivity contribution < 1.29 is 14.7 Å². The zero-order valence-corrected chi connectivity index (χ0v) is 11.2. The van der Waals surface area contributed by atoms with Crippen LogP contribution in [0.25, 0.3) is 0 Å². The van der Waals surface area contributed by atoms with Crippen LogP contribution in [0.1, 0.15) is 33.6 Å². The molecule has 1 aliphatic carbocycles. The van der Waals surface area contributed by atoms with Gasteiger partial charge in [0.25, 0.3) is 5.91 Å². The smallest absolute Gasteiger partial charge is 0.253 e. The first-order chi connectivity index (χ1) is 9.56. The van der Waals surface area contributed by atoms with E-state index in [1.807, 2.05) is 0 Å². The van der Waals surface area contributed by atoms with Crippen molar-refractivity contribution in [3.8, 4) is 0 Å². The van der Waals surface area contributed by atoms with Gasteiger partial charge in [-0.1, -0.05) is 0 Å². The van der Waals surface area contributed by atoms with Crippen LogP contribution in [0.4, 0.5) is 0 Å². The van der Waals surface area contributed by atoms with Gasteiger partial charge < -0.3 is 15.7 Å². The van der Waals surface area contributed by atoms with Crippen molar-refractivity contribution in [3.05, 3.63) is 35.4 Å². The maximum atomic E-state index is 12.4. The Morgan fingerprint density at radius 2 is 1.75 bits per heavy atom. The minimum Gasteiger partial charge on any atom is -0.393 e. The Balaban J connectivity index is 1.72. The van der Waals surface area contributed by atoms with E-state index in [1.165, 1.54) is 0 Å². The number of fused-ring (bicyclic) bond motifs is 1. The number of benzene rings is 1. The van der Waals surface area contributed by atoms with Crippen LogP contribution >= 0.6 is 0 Å². The average Bonchev–Trinajstić information content (AvgIpc) is 3.01. The number of hydrogen-bond donors (Lipinski definition) is 2. The van der Waals surface area contributed by atoms with E-state index in [1.54, 1.807) is 29.2 Å². The molecule has 1 aromatic rings. The molecule has 2 fully saturated rings. The highest BCUT2D eigenvalue weighted by Crippen LogP contribution is 2.38. The van der Waals surface area contributed by atoms with Crippen LogP contribution in [0.5, 0.6) is 0 Å². The van der Waals surface area contributed by atoms with E-state index in [9.17, 15) is 14.7 Å². The fourth-order valence-electron chi connectivity index (χ4n) is 3.36. The molecule has 1 saturated heterocycles. The summed E-state index contributed by atoms with van der Waals surface area (Å²) in [6.07, 6.45) is 1.58. The summed E-state index contributed by atoms with van der Waals surface area (Å²) in [4.78, 5) is 25.2. The number of primary amides is 1. The van der Waals surface area contributed by atoms with Crippen molar-refractivity contribution in [1.82, 2.24) is 4.90 Å². The number of likely N-dealkylation sites (tertiary alicyclic amines) is 1. The Kier molecular flexibility index (Phi) is 3.22. The van der Waals surface area contributed by atoms with Crippen LogP contribution in [0.15, 0.2) is 24.3 Å². The van der Waals surface area contributed by atoms with Crippen molar-refractivity contribution in [1.29, 1.82) is 0 Å². The summed E-state index contributed by atoms with van der Waals surface area (Å²) in [6, 6.07) is 6.41. The van der Waals surface area contributed by atoms with Crippen molar-refractivity contribution in [2.45, 2.75) is 18.9 Å². The van der Waals surface area contributed by atoms with E-state index >= 15 is 0 Å². The Morgan fingerprint density at radius 1 is 1.10 bits per heavy atom. The molecule has 0 bridgehead atoms. The number of aliphatic hydroxyl groups excluding tert-OH is 1. The third-order valence-electron chi connectivity index (χ3n) is 4.52. The molecule has 1 aliphatic heterocycles. The van der Waals surface area contributed by atoms with E-state index in [-0.39, 0.29) is 17.9 Å². The number of hydrogen-bond acceptors (Lipinski definition) is 3. The second-order valence-corrected chi connectivity index (χ2v) is 5.72. The fraction of sp³-hybridized carbons (Fsp3) is 0.467. The standard InChI is InChI=1S/C15H18N2O3/c16-14(19)9-1-3-10(4-2-9)15(20)17-7-11-5-6-13(18)12(11)8-17/h1-4,11-13,18H,5-8H2,(H2,16,19). The summed E-state index contributed by atoms with van der Waals surface area (Å²) in [5, 5.41) is 9.88. The lowest BCUT2D eigenvalue weighted by Crippen LogP contribution is -2.31. The first-order valence-corrected chi connectivity index (χ1v) is 6.93.